The largest absolute Gasteiger partial charge is 0.497 e. The molecule has 1 heterocycles. The molecular formula is C17H13ClN2O. The average Bonchev–Trinajstić information content (AvgIpc) is 2.53. The van der Waals surface area contributed by atoms with Gasteiger partial charge in [-0.05, 0) is 36.4 Å². The Morgan fingerprint density at radius 1 is 1.10 bits per heavy atom. The van der Waals surface area contributed by atoms with Crippen LogP contribution in [0.4, 0.5) is 5.69 Å². The van der Waals surface area contributed by atoms with Crippen LogP contribution in [0.2, 0.25) is 5.15 Å². The highest BCUT2D eigenvalue weighted by atomic mass is 35.5. The molecule has 0 radical (unpaired) electrons. The van der Waals surface area contributed by atoms with Crippen molar-refractivity contribution in [1.82, 2.24) is 4.98 Å². The van der Waals surface area contributed by atoms with E-state index in [0.29, 0.717) is 5.15 Å². The number of ether oxygens (including phenoxy) is 1. The predicted molar refractivity (Wildman–Crippen MR) is 87.0 cm³/mol. The summed E-state index contributed by atoms with van der Waals surface area (Å²) in [5, 5.41) is 1.49. The maximum atomic E-state index is 6.19. The first-order valence-electron chi connectivity index (χ1n) is 6.50. The fourth-order valence-electron chi connectivity index (χ4n) is 2.01. The summed E-state index contributed by atoms with van der Waals surface area (Å²) < 4.78 is 5.12. The van der Waals surface area contributed by atoms with Crippen LogP contribution in [0.15, 0.2) is 59.6 Å². The lowest BCUT2D eigenvalue weighted by atomic mass is 10.2. The number of hydrogen-bond donors (Lipinski definition) is 0. The Hall–Kier alpha value is -2.39. The molecule has 0 saturated heterocycles. The molecule has 0 aliphatic heterocycles. The van der Waals surface area contributed by atoms with Crippen molar-refractivity contribution in [3.8, 4) is 5.75 Å². The van der Waals surface area contributed by atoms with Gasteiger partial charge in [0.25, 0.3) is 0 Å². The van der Waals surface area contributed by atoms with Gasteiger partial charge in [-0.3, -0.25) is 4.99 Å². The molecule has 0 aliphatic carbocycles. The second-order valence-electron chi connectivity index (χ2n) is 4.52. The topological polar surface area (TPSA) is 34.5 Å². The van der Waals surface area contributed by atoms with Crippen LogP contribution < -0.4 is 4.74 Å². The number of rotatable bonds is 3. The van der Waals surface area contributed by atoms with Gasteiger partial charge >= 0.3 is 0 Å². The van der Waals surface area contributed by atoms with Crippen LogP contribution in [0.3, 0.4) is 0 Å². The third-order valence-corrected chi connectivity index (χ3v) is 3.43. The van der Waals surface area contributed by atoms with E-state index >= 15 is 0 Å². The van der Waals surface area contributed by atoms with Crippen LogP contribution in [-0.2, 0) is 0 Å². The van der Waals surface area contributed by atoms with E-state index in [0.717, 1.165) is 27.9 Å². The Labute approximate surface area is 127 Å². The lowest BCUT2D eigenvalue weighted by Crippen LogP contribution is -1.88. The van der Waals surface area contributed by atoms with Crippen molar-refractivity contribution in [2.45, 2.75) is 0 Å². The van der Waals surface area contributed by atoms with Crippen molar-refractivity contribution < 1.29 is 4.74 Å². The molecule has 104 valence electrons. The van der Waals surface area contributed by atoms with Crippen LogP contribution in [-0.4, -0.2) is 18.3 Å². The third-order valence-electron chi connectivity index (χ3n) is 3.13. The smallest absolute Gasteiger partial charge is 0.138 e. The lowest BCUT2D eigenvalue weighted by Gasteiger charge is -2.02. The minimum atomic E-state index is 0.450. The summed E-state index contributed by atoms with van der Waals surface area (Å²) in [5.41, 5.74) is 2.51. The average molecular weight is 297 g/mol. The van der Waals surface area contributed by atoms with Crippen LogP contribution in [0.25, 0.3) is 10.9 Å². The highest BCUT2D eigenvalue weighted by Crippen LogP contribution is 2.21. The van der Waals surface area contributed by atoms with Gasteiger partial charge in [-0.25, -0.2) is 4.98 Å². The SMILES string of the molecule is COc1ccc(N=Cc2cc3ccccc3nc2Cl)cc1. The zero-order chi connectivity index (χ0) is 14.7. The number of aliphatic imine (C=N–C) groups is 1. The van der Waals surface area contributed by atoms with Crippen LogP contribution in [0.1, 0.15) is 5.56 Å². The molecule has 0 unspecified atom stereocenters. The van der Waals surface area contributed by atoms with Gasteiger partial charge in [0, 0.05) is 17.2 Å². The number of fused-ring (bicyclic) bond motifs is 1. The quantitative estimate of drug-likeness (QED) is 0.521. The molecular weight excluding hydrogens is 284 g/mol. The Morgan fingerprint density at radius 2 is 1.86 bits per heavy atom. The standard InChI is InChI=1S/C17H13ClN2O/c1-21-15-8-6-14(7-9-15)19-11-13-10-12-4-2-3-5-16(12)20-17(13)18/h2-11H,1H3. The van der Waals surface area contributed by atoms with E-state index in [1.165, 1.54) is 0 Å². The molecule has 3 rings (SSSR count). The molecule has 3 aromatic rings. The van der Waals surface area contributed by atoms with Crippen molar-refractivity contribution in [1.29, 1.82) is 0 Å². The molecule has 0 aliphatic rings. The number of nitrogens with zero attached hydrogens (tertiary/aromatic N) is 2. The third kappa shape index (κ3) is 3.03. The second kappa shape index (κ2) is 5.94. The molecule has 2 aromatic carbocycles. The Kier molecular flexibility index (Phi) is 3.84. The predicted octanol–water partition coefficient (Wildman–Crippen LogP) is 4.65. The number of halogens is 1. The molecule has 0 saturated carbocycles. The fraction of sp³-hybridized carbons (Fsp3) is 0.0588. The molecule has 0 fully saturated rings. The molecule has 21 heavy (non-hydrogen) atoms. The number of aromatic nitrogens is 1. The van der Waals surface area contributed by atoms with Gasteiger partial charge in [0.05, 0.1) is 18.3 Å². The van der Waals surface area contributed by atoms with E-state index in [1.54, 1.807) is 13.3 Å². The molecule has 1 aromatic heterocycles. The van der Waals surface area contributed by atoms with Crippen molar-refractivity contribution in [3.63, 3.8) is 0 Å². The number of para-hydroxylation sites is 1. The summed E-state index contributed by atoms with van der Waals surface area (Å²) in [4.78, 5) is 8.78. The normalized spacial score (nSPS) is 11.1. The molecule has 0 amide bonds. The molecule has 0 N–H and O–H groups in total. The molecule has 3 nitrogen and oxygen atoms in total. The van der Waals surface area contributed by atoms with Gasteiger partial charge < -0.3 is 4.74 Å². The highest BCUT2D eigenvalue weighted by molar-refractivity contribution is 6.32. The molecule has 0 spiro atoms. The van der Waals surface area contributed by atoms with Crippen LogP contribution in [0, 0.1) is 0 Å². The van der Waals surface area contributed by atoms with Gasteiger partial charge in [0.15, 0.2) is 0 Å². The van der Waals surface area contributed by atoms with E-state index in [4.69, 9.17) is 16.3 Å². The van der Waals surface area contributed by atoms with Crippen molar-refractivity contribution in [2.24, 2.45) is 4.99 Å². The summed E-state index contributed by atoms with van der Waals surface area (Å²) in [6.07, 6.45) is 1.73. The number of methoxy groups -OCH3 is 1. The first kappa shape index (κ1) is 13.6. The van der Waals surface area contributed by atoms with Crippen LogP contribution in [0.5, 0.6) is 5.75 Å². The first-order chi connectivity index (χ1) is 10.3. The zero-order valence-electron chi connectivity index (χ0n) is 11.5. The maximum absolute atomic E-state index is 6.19. The van der Waals surface area contributed by atoms with Gasteiger partial charge in [0.1, 0.15) is 10.9 Å². The van der Waals surface area contributed by atoms with Gasteiger partial charge in [0.2, 0.25) is 0 Å². The van der Waals surface area contributed by atoms with Gasteiger partial charge in [-0.2, -0.15) is 0 Å². The van der Waals surface area contributed by atoms with Crippen molar-refractivity contribution in [3.05, 3.63) is 65.3 Å². The molecule has 4 heteroatoms. The van der Waals surface area contributed by atoms with Crippen LogP contribution >= 0.6 is 11.6 Å². The Morgan fingerprint density at radius 3 is 2.62 bits per heavy atom. The Bertz CT molecular complexity index is 797. The van der Waals surface area contributed by atoms with E-state index in [-0.39, 0.29) is 0 Å². The summed E-state index contributed by atoms with van der Waals surface area (Å²) >= 11 is 6.19. The van der Waals surface area contributed by atoms with Crippen molar-refractivity contribution in [2.75, 3.05) is 7.11 Å². The molecule has 0 atom stereocenters. The monoisotopic (exact) mass is 296 g/mol. The van der Waals surface area contributed by atoms with Crippen molar-refractivity contribution >= 4 is 34.4 Å². The highest BCUT2D eigenvalue weighted by Gasteiger charge is 2.02. The lowest BCUT2D eigenvalue weighted by molar-refractivity contribution is 0.415. The van der Waals surface area contributed by atoms with E-state index in [2.05, 4.69) is 9.98 Å². The fourth-order valence-corrected chi connectivity index (χ4v) is 2.21. The number of benzene rings is 2. The number of hydrogen-bond acceptors (Lipinski definition) is 3. The second-order valence-corrected chi connectivity index (χ2v) is 4.88. The maximum Gasteiger partial charge on any atom is 0.138 e. The Balaban J connectivity index is 1.92. The summed E-state index contributed by atoms with van der Waals surface area (Å²) in [7, 11) is 1.64. The molecule has 0 bridgehead atoms. The summed E-state index contributed by atoms with van der Waals surface area (Å²) in [6, 6.07) is 17.3. The number of pyridine rings is 1. The first-order valence-corrected chi connectivity index (χ1v) is 6.87. The van der Waals surface area contributed by atoms with Gasteiger partial charge in [-0.15, -0.1) is 0 Å². The summed E-state index contributed by atoms with van der Waals surface area (Å²) in [5.74, 6) is 0.805. The summed E-state index contributed by atoms with van der Waals surface area (Å²) in [6.45, 7) is 0. The minimum Gasteiger partial charge on any atom is -0.497 e. The zero-order valence-corrected chi connectivity index (χ0v) is 12.2. The van der Waals surface area contributed by atoms with Gasteiger partial charge in [-0.1, -0.05) is 29.8 Å². The van der Waals surface area contributed by atoms with E-state index in [9.17, 15) is 0 Å². The van der Waals surface area contributed by atoms with E-state index in [1.807, 2.05) is 54.6 Å². The minimum absolute atomic E-state index is 0.450. The van der Waals surface area contributed by atoms with E-state index < -0.39 is 0 Å².